The van der Waals surface area contributed by atoms with Crippen molar-refractivity contribution in [2.45, 2.75) is 13.0 Å². The Bertz CT molecular complexity index is 956. The number of aliphatic carboxylic acids is 1. The van der Waals surface area contributed by atoms with Crippen molar-refractivity contribution < 1.29 is 19.8 Å². The van der Waals surface area contributed by atoms with Gasteiger partial charge in [0.1, 0.15) is 11.2 Å². The molecule has 1 unspecified atom stereocenters. The van der Waals surface area contributed by atoms with Crippen molar-refractivity contribution in [3.8, 4) is 5.75 Å². The summed E-state index contributed by atoms with van der Waals surface area (Å²) >= 11 is 7.37. The van der Waals surface area contributed by atoms with Gasteiger partial charge in [0.05, 0.1) is 20.3 Å². The standard InChI is InChI=1S/C14H10ClN3O4S/c1-5(14(21)22)17-13(20)9-10(19)11-7(12(15)18-9)8-6(23-11)3-2-4-16-8/h2-5,19H,1H3,(H,17,20)(H,21,22). The predicted molar refractivity (Wildman–Crippen MR) is 86.2 cm³/mol. The number of pyridine rings is 2. The molecule has 0 fully saturated rings. The minimum absolute atomic E-state index is 0.0240. The molecule has 3 aromatic rings. The summed E-state index contributed by atoms with van der Waals surface area (Å²) in [5.41, 5.74) is 0.272. The number of aromatic nitrogens is 2. The van der Waals surface area contributed by atoms with Crippen LogP contribution in [0.4, 0.5) is 0 Å². The number of hydrogen-bond acceptors (Lipinski definition) is 6. The highest BCUT2D eigenvalue weighted by Gasteiger charge is 2.24. The van der Waals surface area contributed by atoms with Gasteiger partial charge in [0.2, 0.25) is 0 Å². The second-order valence-electron chi connectivity index (χ2n) is 4.79. The molecule has 3 N–H and O–H groups in total. The van der Waals surface area contributed by atoms with Crippen LogP contribution in [0.25, 0.3) is 20.3 Å². The van der Waals surface area contributed by atoms with Crippen molar-refractivity contribution in [2.24, 2.45) is 0 Å². The summed E-state index contributed by atoms with van der Waals surface area (Å²) in [6.07, 6.45) is 1.59. The smallest absolute Gasteiger partial charge is 0.325 e. The van der Waals surface area contributed by atoms with E-state index in [1.807, 2.05) is 6.07 Å². The van der Waals surface area contributed by atoms with Gasteiger partial charge in [-0.1, -0.05) is 11.6 Å². The molecule has 3 heterocycles. The maximum Gasteiger partial charge on any atom is 0.325 e. The van der Waals surface area contributed by atoms with Gasteiger partial charge in [-0.3, -0.25) is 14.6 Å². The second kappa shape index (κ2) is 5.64. The molecule has 3 rings (SSSR count). The Labute approximate surface area is 138 Å². The SMILES string of the molecule is CC(NC(=O)c1nc(Cl)c2c(sc3cccnc32)c1O)C(=O)O. The fourth-order valence-corrected chi connectivity index (χ4v) is 3.52. The first-order valence-corrected chi connectivity index (χ1v) is 7.69. The first-order chi connectivity index (χ1) is 10.9. The zero-order chi connectivity index (χ0) is 16.7. The molecule has 0 radical (unpaired) electrons. The van der Waals surface area contributed by atoms with Gasteiger partial charge in [0.25, 0.3) is 5.91 Å². The van der Waals surface area contributed by atoms with Gasteiger partial charge in [-0.25, -0.2) is 4.98 Å². The minimum Gasteiger partial charge on any atom is -0.504 e. The van der Waals surface area contributed by atoms with Crippen LogP contribution in [0.2, 0.25) is 5.15 Å². The number of carboxylic acids is 1. The Hall–Kier alpha value is -2.45. The minimum atomic E-state index is -1.20. The predicted octanol–water partition coefficient (Wildman–Crippen LogP) is 2.41. The summed E-state index contributed by atoms with van der Waals surface area (Å²) in [5.74, 6) is -2.36. The third kappa shape index (κ3) is 2.55. The molecule has 9 heteroatoms. The molecule has 0 saturated heterocycles. The van der Waals surface area contributed by atoms with Gasteiger partial charge in [-0.05, 0) is 19.1 Å². The van der Waals surface area contributed by atoms with Crippen molar-refractivity contribution in [3.05, 3.63) is 29.2 Å². The molecule has 0 aliphatic carbocycles. The first kappa shape index (κ1) is 15.4. The van der Waals surface area contributed by atoms with Crippen molar-refractivity contribution in [1.82, 2.24) is 15.3 Å². The van der Waals surface area contributed by atoms with Gasteiger partial charge in [-0.2, -0.15) is 0 Å². The lowest BCUT2D eigenvalue weighted by Gasteiger charge is -2.10. The number of amides is 1. The average molecular weight is 352 g/mol. The number of halogens is 1. The molecule has 3 aromatic heterocycles. The number of aromatic hydroxyl groups is 1. The number of fused-ring (bicyclic) bond motifs is 3. The van der Waals surface area contributed by atoms with Crippen molar-refractivity contribution >= 4 is 55.1 Å². The van der Waals surface area contributed by atoms with E-state index in [4.69, 9.17) is 16.7 Å². The van der Waals surface area contributed by atoms with E-state index in [0.717, 1.165) is 4.70 Å². The maximum absolute atomic E-state index is 12.1. The van der Waals surface area contributed by atoms with E-state index in [9.17, 15) is 14.7 Å². The van der Waals surface area contributed by atoms with Crippen LogP contribution in [0.15, 0.2) is 18.3 Å². The van der Waals surface area contributed by atoms with E-state index in [1.54, 1.807) is 12.3 Å². The van der Waals surface area contributed by atoms with Crippen LogP contribution in [0.3, 0.4) is 0 Å². The number of carboxylic acid groups (broad SMARTS) is 1. The van der Waals surface area contributed by atoms with E-state index < -0.39 is 17.9 Å². The van der Waals surface area contributed by atoms with Crippen LogP contribution >= 0.6 is 22.9 Å². The molecule has 0 bridgehead atoms. The van der Waals surface area contributed by atoms with Crippen LogP contribution < -0.4 is 5.32 Å². The Kier molecular flexibility index (Phi) is 3.78. The van der Waals surface area contributed by atoms with E-state index in [1.165, 1.54) is 18.3 Å². The summed E-state index contributed by atoms with van der Waals surface area (Å²) < 4.78 is 1.17. The zero-order valence-corrected chi connectivity index (χ0v) is 13.3. The molecule has 1 atom stereocenters. The molecule has 118 valence electrons. The van der Waals surface area contributed by atoms with Crippen LogP contribution in [0, 0.1) is 0 Å². The fourth-order valence-electron chi connectivity index (χ4n) is 2.09. The topological polar surface area (TPSA) is 112 Å². The second-order valence-corrected chi connectivity index (χ2v) is 6.20. The molecule has 1 amide bonds. The summed E-state index contributed by atoms with van der Waals surface area (Å²) in [6, 6.07) is 2.44. The van der Waals surface area contributed by atoms with Crippen LogP contribution in [0.5, 0.6) is 5.75 Å². The van der Waals surface area contributed by atoms with Gasteiger partial charge in [0, 0.05) is 6.20 Å². The Morgan fingerprint density at radius 3 is 2.87 bits per heavy atom. The van der Waals surface area contributed by atoms with Gasteiger partial charge in [0.15, 0.2) is 11.4 Å². The first-order valence-electron chi connectivity index (χ1n) is 6.49. The van der Waals surface area contributed by atoms with Crippen molar-refractivity contribution in [2.75, 3.05) is 0 Å². The molecule has 0 aromatic carbocycles. The molecular weight excluding hydrogens is 342 g/mol. The Morgan fingerprint density at radius 1 is 1.43 bits per heavy atom. The molecule has 0 aliphatic rings. The fraction of sp³-hybridized carbons (Fsp3) is 0.143. The van der Waals surface area contributed by atoms with Gasteiger partial charge < -0.3 is 15.5 Å². The Morgan fingerprint density at radius 2 is 2.17 bits per heavy atom. The largest absolute Gasteiger partial charge is 0.504 e. The summed E-state index contributed by atoms with van der Waals surface area (Å²) in [5, 5.41) is 21.9. The summed E-state index contributed by atoms with van der Waals surface area (Å²) in [4.78, 5) is 31.1. The van der Waals surface area contributed by atoms with Crippen LogP contribution in [0.1, 0.15) is 17.4 Å². The number of rotatable bonds is 3. The molecule has 7 nitrogen and oxygen atoms in total. The van der Waals surface area contributed by atoms with Crippen molar-refractivity contribution in [3.63, 3.8) is 0 Å². The average Bonchev–Trinajstić information content (AvgIpc) is 2.90. The quantitative estimate of drug-likeness (QED) is 0.624. The normalized spacial score (nSPS) is 12.4. The zero-order valence-electron chi connectivity index (χ0n) is 11.7. The Balaban J connectivity index is 2.16. The van der Waals surface area contributed by atoms with E-state index in [0.29, 0.717) is 15.6 Å². The van der Waals surface area contributed by atoms with E-state index >= 15 is 0 Å². The van der Waals surface area contributed by atoms with E-state index in [-0.39, 0.29) is 16.6 Å². The lowest BCUT2D eigenvalue weighted by molar-refractivity contribution is -0.138. The monoisotopic (exact) mass is 351 g/mol. The molecule has 0 saturated carbocycles. The number of hydrogen-bond donors (Lipinski definition) is 3. The highest BCUT2D eigenvalue weighted by atomic mass is 35.5. The molecule has 23 heavy (non-hydrogen) atoms. The third-order valence-electron chi connectivity index (χ3n) is 3.24. The molecular formula is C14H10ClN3O4S. The van der Waals surface area contributed by atoms with Crippen LogP contribution in [-0.2, 0) is 4.79 Å². The van der Waals surface area contributed by atoms with E-state index in [2.05, 4.69) is 15.3 Å². The highest BCUT2D eigenvalue weighted by Crippen LogP contribution is 2.42. The lowest BCUT2D eigenvalue weighted by Crippen LogP contribution is -2.38. The van der Waals surface area contributed by atoms with Gasteiger partial charge >= 0.3 is 5.97 Å². The van der Waals surface area contributed by atoms with Crippen molar-refractivity contribution in [1.29, 1.82) is 0 Å². The maximum atomic E-state index is 12.1. The highest BCUT2D eigenvalue weighted by molar-refractivity contribution is 7.26. The molecule has 0 spiro atoms. The van der Waals surface area contributed by atoms with Gasteiger partial charge in [-0.15, -0.1) is 11.3 Å². The summed E-state index contributed by atoms with van der Waals surface area (Å²) in [7, 11) is 0. The number of thiophene rings is 1. The number of nitrogens with one attached hydrogen (secondary N) is 1. The number of carbonyl (C=O) groups excluding carboxylic acids is 1. The number of nitrogens with zero attached hydrogens (tertiary/aromatic N) is 2. The lowest BCUT2D eigenvalue weighted by atomic mass is 10.2. The molecule has 0 aliphatic heterocycles. The summed E-state index contributed by atoms with van der Waals surface area (Å²) in [6.45, 7) is 1.31. The third-order valence-corrected chi connectivity index (χ3v) is 4.66. The van der Waals surface area contributed by atoms with Crippen LogP contribution in [-0.4, -0.2) is 38.1 Å². The number of carbonyl (C=O) groups is 2.